The van der Waals surface area contributed by atoms with Crippen molar-refractivity contribution >= 4 is 23.1 Å². The van der Waals surface area contributed by atoms with Crippen LogP contribution in [0.3, 0.4) is 0 Å². The van der Waals surface area contributed by atoms with Crippen LogP contribution in [0.5, 0.6) is 0 Å². The van der Waals surface area contributed by atoms with Gasteiger partial charge in [-0.15, -0.1) is 0 Å². The number of nitrogens with zero attached hydrogens (tertiary/aromatic N) is 6. The Morgan fingerprint density at radius 1 is 1.07 bits per heavy atom. The number of piperazine rings is 1. The van der Waals surface area contributed by atoms with Gasteiger partial charge in [0.15, 0.2) is 0 Å². The van der Waals surface area contributed by atoms with Crippen LogP contribution in [-0.2, 0) is 0 Å². The van der Waals surface area contributed by atoms with Crippen LogP contribution in [0.1, 0.15) is 27.6 Å². The average molecular weight is 382 g/mol. The maximum absolute atomic E-state index is 12.5. The van der Waals surface area contributed by atoms with E-state index < -0.39 is 0 Å². The van der Waals surface area contributed by atoms with E-state index in [2.05, 4.69) is 19.9 Å². The summed E-state index contributed by atoms with van der Waals surface area (Å²) in [4.78, 5) is 30.2. The van der Waals surface area contributed by atoms with Crippen molar-refractivity contribution in [3.8, 4) is 5.82 Å². The highest BCUT2D eigenvalue weighted by molar-refractivity contribution is 7.08. The Bertz CT molecular complexity index is 957. The standard InChI is InChI=1S/C19H22N6OS/c1-13-14(2)25(12-20-13)18-10-17(21-15(3)22-18)23-5-7-24(8-6-23)19(26)16-4-9-27-11-16/h4,9-12H,5-8H2,1-3H3. The van der Waals surface area contributed by atoms with Crippen LogP contribution in [0.15, 0.2) is 29.2 Å². The number of rotatable bonds is 3. The van der Waals surface area contributed by atoms with Crippen LogP contribution in [0.4, 0.5) is 5.82 Å². The van der Waals surface area contributed by atoms with Crippen molar-refractivity contribution in [3.63, 3.8) is 0 Å². The maximum atomic E-state index is 12.5. The molecule has 7 nitrogen and oxygen atoms in total. The summed E-state index contributed by atoms with van der Waals surface area (Å²) in [6, 6.07) is 3.88. The molecular weight excluding hydrogens is 360 g/mol. The number of carbonyl (C=O) groups is 1. The van der Waals surface area contributed by atoms with E-state index in [4.69, 9.17) is 0 Å². The summed E-state index contributed by atoms with van der Waals surface area (Å²) >= 11 is 1.55. The third-order valence-corrected chi connectivity index (χ3v) is 5.65. The molecule has 1 fully saturated rings. The predicted octanol–water partition coefficient (Wildman–Crippen LogP) is 2.61. The molecule has 3 aromatic heterocycles. The summed E-state index contributed by atoms with van der Waals surface area (Å²) < 4.78 is 1.99. The highest BCUT2D eigenvalue weighted by Gasteiger charge is 2.23. The second-order valence-electron chi connectivity index (χ2n) is 6.71. The molecule has 0 radical (unpaired) electrons. The lowest BCUT2D eigenvalue weighted by Crippen LogP contribution is -2.49. The zero-order chi connectivity index (χ0) is 19.0. The summed E-state index contributed by atoms with van der Waals surface area (Å²) in [5, 5.41) is 3.85. The van der Waals surface area contributed by atoms with Crippen molar-refractivity contribution < 1.29 is 4.79 Å². The van der Waals surface area contributed by atoms with Crippen LogP contribution in [-0.4, -0.2) is 56.5 Å². The number of anilines is 1. The van der Waals surface area contributed by atoms with Crippen molar-refractivity contribution in [1.29, 1.82) is 0 Å². The Morgan fingerprint density at radius 3 is 2.44 bits per heavy atom. The number of thiophene rings is 1. The molecule has 0 aromatic carbocycles. The number of amides is 1. The van der Waals surface area contributed by atoms with Crippen LogP contribution >= 0.6 is 11.3 Å². The van der Waals surface area contributed by atoms with Gasteiger partial charge in [0, 0.05) is 43.3 Å². The van der Waals surface area contributed by atoms with E-state index in [0.29, 0.717) is 13.1 Å². The first-order valence-corrected chi connectivity index (χ1v) is 9.90. The smallest absolute Gasteiger partial charge is 0.254 e. The maximum Gasteiger partial charge on any atom is 0.254 e. The highest BCUT2D eigenvalue weighted by atomic mass is 32.1. The number of aromatic nitrogens is 4. The molecule has 27 heavy (non-hydrogen) atoms. The highest BCUT2D eigenvalue weighted by Crippen LogP contribution is 2.20. The van der Waals surface area contributed by atoms with Gasteiger partial charge in [0.25, 0.3) is 5.91 Å². The zero-order valence-corrected chi connectivity index (χ0v) is 16.5. The molecule has 1 amide bonds. The topological polar surface area (TPSA) is 67.2 Å². The minimum Gasteiger partial charge on any atom is -0.353 e. The number of aryl methyl sites for hydroxylation is 2. The zero-order valence-electron chi connectivity index (χ0n) is 15.7. The van der Waals surface area contributed by atoms with Crippen LogP contribution in [0.2, 0.25) is 0 Å². The van der Waals surface area contributed by atoms with Gasteiger partial charge < -0.3 is 9.80 Å². The summed E-state index contributed by atoms with van der Waals surface area (Å²) in [5.74, 6) is 2.56. The number of carbonyl (C=O) groups excluding carboxylic acids is 1. The Labute approximate surface area is 162 Å². The molecule has 0 spiro atoms. The van der Waals surface area contributed by atoms with Gasteiger partial charge >= 0.3 is 0 Å². The van der Waals surface area contributed by atoms with E-state index in [1.807, 2.05) is 53.1 Å². The van der Waals surface area contributed by atoms with E-state index in [-0.39, 0.29) is 5.91 Å². The second kappa shape index (κ2) is 7.11. The molecular formula is C19H22N6OS. The predicted molar refractivity (Wildman–Crippen MR) is 106 cm³/mol. The van der Waals surface area contributed by atoms with Crippen LogP contribution < -0.4 is 4.90 Å². The van der Waals surface area contributed by atoms with Gasteiger partial charge in [-0.1, -0.05) is 0 Å². The first kappa shape index (κ1) is 17.7. The molecule has 0 bridgehead atoms. The van der Waals surface area contributed by atoms with Crippen LogP contribution in [0, 0.1) is 20.8 Å². The molecule has 0 N–H and O–H groups in total. The van der Waals surface area contributed by atoms with Gasteiger partial charge in [0.2, 0.25) is 0 Å². The molecule has 0 saturated carbocycles. The van der Waals surface area contributed by atoms with E-state index in [1.54, 1.807) is 17.7 Å². The van der Waals surface area contributed by atoms with E-state index in [0.717, 1.165) is 47.5 Å². The largest absolute Gasteiger partial charge is 0.353 e. The lowest BCUT2D eigenvalue weighted by Gasteiger charge is -2.35. The van der Waals surface area contributed by atoms with Crippen molar-refractivity contribution in [2.24, 2.45) is 0 Å². The minimum absolute atomic E-state index is 0.111. The first-order chi connectivity index (χ1) is 13.0. The molecule has 1 saturated heterocycles. The van der Waals surface area contributed by atoms with E-state index in [9.17, 15) is 4.79 Å². The van der Waals surface area contributed by atoms with Crippen molar-refractivity contribution in [3.05, 3.63) is 52.0 Å². The molecule has 0 atom stereocenters. The van der Waals surface area contributed by atoms with Crippen molar-refractivity contribution in [1.82, 2.24) is 24.4 Å². The molecule has 4 rings (SSSR count). The van der Waals surface area contributed by atoms with Crippen LogP contribution in [0.25, 0.3) is 5.82 Å². The molecule has 4 heterocycles. The van der Waals surface area contributed by atoms with E-state index >= 15 is 0 Å². The van der Waals surface area contributed by atoms with Gasteiger partial charge in [-0.2, -0.15) is 11.3 Å². The lowest BCUT2D eigenvalue weighted by molar-refractivity contribution is 0.0747. The molecule has 0 aliphatic carbocycles. The van der Waals surface area contributed by atoms with Gasteiger partial charge in [0.1, 0.15) is 23.8 Å². The quantitative estimate of drug-likeness (QED) is 0.697. The number of hydrogen-bond acceptors (Lipinski definition) is 6. The third-order valence-electron chi connectivity index (χ3n) is 4.97. The molecule has 1 aliphatic rings. The summed E-state index contributed by atoms with van der Waals surface area (Å²) in [5.41, 5.74) is 2.85. The summed E-state index contributed by atoms with van der Waals surface area (Å²) in [7, 11) is 0. The Morgan fingerprint density at radius 2 is 1.81 bits per heavy atom. The van der Waals surface area contributed by atoms with Gasteiger partial charge in [-0.25, -0.2) is 15.0 Å². The Kier molecular flexibility index (Phi) is 4.65. The minimum atomic E-state index is 0.111. The van der Waals surface area contributed by atoms with E-state index in [1.165, 1.54) is 0 Å². The fourth-order valence-electron chi connectivity index (χ4n) is 3.26. The number of hydrogen-bond donors (Lipinski definition) is 0. The average Bonchev–Trinajstić information content (AvgIpc) is 3.32. The van der Waals surface area contributed by atoms with Gasteiger partial charge in [-0.05, 0) is 32.2 Å². The monoisotopic (exact) mass is 382 g/mol. The molecule has 140 valence electrons. The lowest BCUT2D eigenvalue weighted by atomic mass is 10.2. The van der Waals surface area contributed by atoms with Crippen molar-refractivity contribution in [2.45, 2.75) is 20.8 Å². The fourth-order valence-corrected chi connectivity index (χ4v) is 3.89. The molecule has 1 aliphatic heterocycles. The third kappa shape index (κ3) is 3.44. The normalized spacial score (nSPS) is 14.6. The van der Waals surface area contributed by atoms with Crippen molar-refractivity contribution in [2.75, 3.05) is 31.1 Å². The Hall–Kier alpha value is -2.74. The first-order valence-electron chi connectivity index (χ1n) is 8.96. The molecule has 8 heteroatoms. The molecule has 0 unspecified atom stereocenters. The number of imidazole rings is 1. The fraction of sp³-hybridized carbons (Fsp3) is 0.368. The van der Waals surface area contributed by atoms with Gasteiger partial charge in [-0.3, -0.25) is 9.36 Å². The second-order valence-corrected chi connectivity index (χ2v) is 7.49. The SMILES string of the molecule is Cc1nc(N2CCN(C(=O)c3ccsc3)CC2)cc(-n2cnc(C)c2C)n1. The molecule has 3 aromatic rings. The summed E-state index contributed by atoms with van der Waals surface area (Å²) in [6.07, 6.45) is 1.80. The van der Waals surface area contributed by atoms with Gasteiger partial charge in [0.05, 0.1) is 11.3 Å². The Balaban J connectivity index is 1.52. The summed E-state index contributed by atoms with van der Waals surface area (Å²) in [6.45, 7) is 8.83.